The van der Waals surface area contributed by atoms with Crippen LogP contribution in [-0.4, -0.2) is 21.2 Å². The summed E-state index contributed by atoms with van der Waals surface area (Å²) in [6.07, 6.45) is 6.29. The van der Waals surface area contributed by atoms with Crippen molar-refractivity contribution in [3.8, 4) is 0 Å². The molecule has 0 unspecified atom stereocenters. The fourth-order valence-corrected chi connectivity index (χ4v) is 3.17. The van der Waals surface area contributed by atoms with Gasteiger partial charge >= 0.3 is 0 Å². The minimum absolute atomic E-state index is 0.306. The molecule has 0 heterocycles. The molecule has 1 aliphatic rings. The highest BCUT2D eigenvalue weighted by molar-refractivity contribution is 7.90. The SMILES string of the molecule is CS(=O)(=O)c1ccc(Cl)c(NCC2CCCC2)c1. The topological polar surface area (TPSA) is 46.2 Å². The van der Waals surface area contributed by atoms with Gasteiger partial charge in [0.25, 0.3) is 0 Å². The van der Waals surface area contributed by atoms with Gasteiger partial charge in [-0.15, -0.1) is 0 Å². The van der Waals surface area contributed by atoms with Crippen LogP contribution in [0.5, 0.6) is 0 Å². The molecule has 0 amide bonds. The van der Waals surface area contributed by atoms with E-state index in [0.717, 1.165) is 6.54 Å². The first-order chi connectivity index (χ1) is 8.47. The van der Waals surface area contributed by atoms with Crippen LogP contribution in [0.2, 0.25) is 5.02 Å². The molecule has 1 aromatic rings. The average molecular weight is 288 g/mol. The highest BCUT2D eigenvalue weighted by atomic mass is 35.5. The largest absolute Gasteiger partial charge is 0.384 e. The van der Waals surface area contributed by atoms with E-state index in [1.807, 2.05) is 0 Å². The van der Waals surface area contributed by atoms with Gasteiger partial charge in [-0.1, -0.05) is 24.4 Å². The third-order valence-electron chi connectivity index (χ3n) is 3.42. The molecule has 1 aliphatic carbocycles. The van der Waals surface area contributed by atoms with Crippen LogP contribution in [0.1, 0.15) is 25.7 Å². The normalized spacial score (nSPS) is 17.0. The van der Waals surface area contributed by atoms with Gasteiger partial charge in [0, 0.05) is 12.8 Å². The number of hydrogen-bond donors (Lipinski definition) is 1. The zero-order valence-electron chi connectivity index (χ0n) is 10.4. The first-order valence-corrected chi connectivity index (χ1v) is 8.47. The number of benzene rings is 1. The van der Waals surface area contributed by atoms with E-state index in [-0.39, 0.29) is 0 Å². The summed E-state index contributed by atoms with van der Waals surface area (Å²) in [6, 6.07) is 4.79. The summed E-state index contributed by atoms with van der Waals surface area (Å²) < 4.78 is 23.0. The minimum atomic E-state index is -3.18. The number of hydrogen-bond acceptors (Lipinski definition) is 3. The Morgan fingerprint density at radius 1 is 1.33 bits per heavy atom. The summed E-state index contributed by atoms with van der Waals surface area (Å²) in [6.45, 7) is 0.868. The second-order valence-electron chi connectivity index (χ2n) is 4.95. The van der Waals surface area contributed by atoms with Gasteiger partial charge in [-0.2, -0.15) is 0 Å². The molecule has 0 bridgehead atoms. The van der Waals surface area contributed by atoms with Crippen LogP contribution < -0.4 is 5.32 Å². The Morgan fingerprint density at radius 2 is 2.00 bits per heavy atom. The van der Waals surface area contributed by atoms with Crippen LogP contribution in [-0.2, 0) is 9.84 Å². The standard InChI is InChI=1S/C13H18ClNO2S/c1-18(16,17)11-6-7-12(14)13(8-11)15-9-10-4-2-3-5-10/h6-8,10,15H,2-5,9H2,1H3. The number of sulfone groups is 1. The van der Waals surface area contributed by atoms with Crippen LogP contribution in [0.4, 0.5) is 5.69 Å². The lowest BCUT2D eigenvalue weighted by Gasteiger charge is -2.13. The summed E-state index contributed by atoms with van der Waals surface area (Å²) in [5, 5.41) is 3.84. The predicted molar refractivity (Wildman–Crippen MR) is 75.0 cm³/mol. The van der Waals surface area contributed by atoms with Crippen molar-refractivity contribution in [2.24, 2.45) is 5.92 Å². The van der Waals surface area contributed by atoms with Gasteiger partial charge in [0.05, 0.1) is 15.6 Å². The lowest BCUT2D eigenvalue weighted by atomic mass is 10.1. The molecular formula is C13H18ClNO2S. The van der Waals surface area contributed by atoms with Gasteiger partial charge in [0.15, 0.2) is 9.84 Å². The average Bonchev–Trinajstić information content (AvgIpc) is 2.79. The first kappa shape index (κ1) is 13.7. The van der Waals surface area contributed by atoms with Gasteiger partial charge in [-0.05, 0) is 37.0 Å². The lowest BCUT2D eigenvalue weighted by Crippen LogP contribution is -2.11. The van der Waals surface area contributed by atoms with Crippen LogP contribution in [0, 0.1) is 5.92 Å². The Kier molecular flexibility index (Phi) is 4.17. The molecule has 3 nitrogen and oxygen atoms in total. The summed E-state index contributed by atoms with van der Waals surface area (Å²) >= 11 is 6.07. The quantitative estimate of drug-likeness (QED) is 0.924. The maximum Gasteiger partial charge on any atom is 0.175 e. The van der Waals surface area contributed by atoms with E-state index < -0.39 is 9.84 Å². The van der Waals surface area contributed by atoms with E-state index in [2.05, 4.69) is 5.32 Å². The van der Waals surface area contributed by atoms with Crippen molar-refractivity contribution in [2.45, 2.75) is 30.6 Å². The third-order valence-corrected chi connectivity index (χ3v) is 4.86. The molecule has 18 heavy (non-hydrogen) atoms. The molecule has 1 fully saturated rings. The van der Waals surface area contributed by atoms with Crippen LogP contribution in [0.25, 0.3) is 0 Å². The summed E-state index contributed by atoms with van der Waals surface area (Å²) in [4.78, 5) is 0.306. The molecule has 1 N–H and O–H groups in total. The number of rotatable bonds is 4. The Hall–Kier alpha value is -0.740. The molecular weight excluding hydrogens is 270 g/mol. The molecule has 2 rings (SSSR count). The lowest BCUT2D eigenvalue weighted by molar-refractivity contribution is 0.580. The Balaban J connectivity index is 2.11. The zero-order valence-corrected chi connectivity index (χ0v) is 12.0. The number of nitrogens with one attached hydrogen (secondary N) is 1. The maximum absolute atomic E-state index is 11.5. The van der Waals surface area contributed by atoms with Crippen molar-refractivity contribution in [2.75, 3.05) is 18.1 Å². The van der Waals surface area contributed by atoms with Gasteiger partial charge in [-0.3, -0.25) is 0 Å². The summed E-state index contributed by atoms with van der Waals surface area (Å²) in [7, 11) is -3.18. The molecule has 0 aromatic heterocycles. The highest BCUT2D eigenvalue weighted by Crippen LogP contribution is 2.28. The Labute approximate surface area is 113 Å². The second kappa shape index (κ2) is 5.49. The van der Waals surface area contributed by atoms with Crippen molar-refractivity contribution in [1.82, 2.24) is 0 Å². The van der Waals surface area contributed by atoms with Crippen LogP contribution in [0.15, 0.2) is 23.1 Å². The van der Waals surface area contributed by atoms with E-state index in [9.17, 15) is 8.42 Å². The maximum atomic E-state index is 11.5. The van der Waals surface area contributed by atoms with Crippen molar-refractivity contribution < 1.29 is 8.42 Å². The molecule has 0 aliphatic heterocycles. The van der Waals surface area contributed by atoms with Gasteiger partial charge in [0.1, 0.15) is 0 Å². The molecule has 0 radical (unpaired) electrons. The molecule has 0 spiro atoms. The highest BCUT2D eigenvalue weighted by Gasteiger charge is 2.16. The Bertz CT molecular complexity index is 522. The van der Waals surface area contributed by atoms with Gasteiger partial charge < -0.3 is 5.32 Å². The monoisotopic (exact) mass is 287 g/mol. The van der Waals surface area contributed by atoms with E-state index in [1.165, 1.54) is 31.9 Å². The van der Waals surface area contributed by atoms with Crippen molar-refractivity contribution >= 4 is 27.1 Å². The zero-order chi connectivity index (χ0) is 13.2. The van der Waals surface area contributed by atoms with Crippen molar-refractivity contribution in [3.05, 3.63) is 23.2 Å². The van der Waals surface area contributed by atoms with E-state index in [4.69, 9.17) is 11.6 Å². The van der Waals surface area contributed by atoms with Crippen LogP contribution in [0.3, 0.4) is 0 Å². The Morgan fingerprint density at radius 3 is 2.61 bits per heavy atom. The van der Waals surface area contributed by atoms with E-state index in [0.29, 0.717) is 21.5 Å². The fraction of sp³-hybridized carbons (Fsp3) is 0.538. The van der Waals surface area contributed by atoms with Crippen LogP contribution >= 0.6 is 11.6 Å². The number of halogens is 1. The first-order valence-electron chi connectivity index (χ1n) is 6.20. The smallest absolute Gasteiger partial charge is 0.175 e. The predicted octanol–water partition coefficient (Wildman–Crippen LogP) is 3.35. The van der Waals surface area contributed by atoms with Gasteiger partial charge in [0.2, 0.25) is 0 Å². The second-order valence-corrected chi connectivity index (χ2v) is 7.37. The minimum Gasteiger partial charge on any atom is -0.384 e. The molecule has 1 saturated carbocycles. The molecule has 100 valence electrons. The van der Waals surface area contributed by atoms with Gasteiger partial charge in [-0.25, -0.2) is 8.42 Å². The molecule has 0 atom stereocenters. The summed E-state index contributed by atoms with van der Waals surface area (Å²) in [5.74, 6) is 0.683. The van der Waals surface area contributed by atoms with Crippen molar-refractivity contribution in [1.29, 1.82) is 0 Å². The molecule has 0 saturated heterocycles. The molecule has 1 aromatic carbocycles. The third kappa shape index (κ3) is 3.39. The molecule has 5 heteroatoms. The fourth-order valence-electron chi connectivity index (χ4n) is 2.34. The van der Waals surface area contributed by atoms with E-state index in [1.54, 1.807) is 18.2 Å². The number of anilines is 1. The summed E-state index contributed by atoms with van der Waals surface area (Å²) in [5.41, 5.74) is 0.714. The van der Waals surface area contributed by atoms with Crippen molar-refractivity contribution in [3.63, 3.8) is 0 Å². The van der Waals surface area contributed by atoms with E-state index >= 15 is 0 Å².